The SMILES string of the molecule is COc1ccc(CNc2c(CO)cnc3c(C4CC4)cc(F)cc23)cc1Cl. The van der Waals surface area contributed by atoms with Crippen molar-refractivity contribution in [1.82, 2.24) is 4.98 Å². The number of hydrogen-bond donors (Lipinski definition) is 2. The Morgan fingerprint density at radius 3 is 2.78 bits per heavy atom. The molecule has 1 aliphatic carbocycles. The van der Waals surface area contributed by atoms with Gasteiger partial charge in [0.2, 0.25) is 0 Å². The summed E-state index contributed by atoms with van der Waals surface area (Å²) in [5.41, 5.74) is 4.04. The molecule has 4 rings (SSSR count). The number of nitrogens with one attached hydrogen (secondary N) is 1. The lowest BCUT2D eigenvalue weighted by molar-refractivity contribution is 0.282. The molecular weight excluding hydrogens is 367 g/mol. The number of hydrogen-bond acceptors (Lipinski definition) is 4. The second kappa shape index (κ2) is 7.33. The number of aliphatic hydroxyl groups excluding tert-OH is 1. The van der Waals surface area contributed by atoms with Crippen molar-refractivity contribution in [3.63, 3.8) is 0 Å². The lowest BCUT2D eigenvalue weighted by atomic mass is 10.0. The maximum Gasteiger partial charge on any atom is 0.137 e. The van der Waals surface area contributed by atoms with Crippen molar-refractivity contribution in [3.8, 4) is 5.75 Å². The summed E-state index contributed by atoms with van der Waals surface area (Å²) in [5, 5.41) is 14.3. The van der Waals surface area contributed by atoms with Crippen LogP contribution in [0.15, 0.2) is 36.5 Å². The standard InChI is InChI=1S/C21H20ClFN2O2/c1-27-19-5-2-12(6-18(19)22)9-24-20-14(11-26)10-25-21-16(13-3-4-13)7-15(23)8-17(20)21/h2,5-8,10,13,26H,3-4,9,11H2,1H3,(H,24,25). The van der Waals surface area contributed by atoms with Crippen molar-refractivity contribution in [3.05, 3.63) is 64.1 Å². The van der Waals surface area contributed by atoms with Crippen molar-refractivity contribution >= 4 is 28.2 Å². The molecule has 0 spiro atoms. The highest BCUT2D eigenvalue weighted by Gasteiger charge is 2.27. The first-order chi connectivity index (χ1) is 13.1. The molecule has 27 heavy (non-hydrogen) atoms. The molecule has 0 aliphatic heterocycles. The first kappa shape index (κ1) is 18.0. The summed E-state index contributed by atoms with van der Waals surface area (Å²) < 4.78 is 19.4. The van der Waals surface area contributed by atoms with Gasteiger partial charge >= 0.3 is 0 Å². The fourth-order valence-corrected chi connectivity index (χ4v) is 3.66. The van der Waals surface area contributed by atoms with E-state index in [1.807, 2.05) is 18.2 Å². The van der Waals surface area contributed by atoms with E-state index in [-0.39, 0.29) is 12.4 Å². The Balaban J connectivity index is 1.72. The van der Waals surface area contributed by atoms with E-state index in [2.05, 4.69) is 10.3 Å². The van der Waals surface area contributed by atoms with E-state index in [4.69, 9.17) is 16.3 Å². The smallest absolute Gasteiger partial charge is 0.137 e. The molecule has 3 aromatic rings. The molecule has 0 unspecified atom stereocenters. The van der Waals surface area contributed by atoms with Crippen LogP contribution in [0.1, 0.15) is 35.4 Å². The highest BCUT2D eigenvalue weighted by molar-refractivity contribution is 6.32. The number of aliphatic hydroxyl groups is 1. The molecule has 0 bridgehead atoms. The van der Waals surface area contributed by atoms with Gasteiger partial charge in [-0.2, -0.15) is 0 Å². The summed E-state index contributed by atoms with van der Waals surface area (Å²) in [7, 11) is 1.57. The molecule has 140 valence electrons. The molecule has 2 N–H and O–H groups in total. The summed E-state index contributed by atoms with van der Waals surface area (Å²) >= 11 is 6.20. The van der Waals surface area contributed by atoms with Gasteiger partial charge in [0.25, 0.3) is 0 Å². The van der Waals surface area contributed by atoms with Gasteiger partial charge in [0.05, 0.1) is 29.9 Å². The maximum atomic E-state index is 14.3. The Labute approximate surface area is 162 Å². The molecule has 1 fully saturated rings. The van der Waals surface area contributed by atoms with Crippen LogP contribution in [-0.2, 0) is 13.2 Å². The van der Waals surface area contributed by atoms with Crippen LogP contribution in [0.4, 0.5) is 10.1 Å². The second-order valence-corrected chi connectivity index (χ2v) is 7.21. The predicted octanol–water partition coefficient (Wildman–Crippen LogP) is 5.02. The number of methoxy groups -OCH3 is 1. The number of pyridine rings is 1. The van der Waals surface area contributed by atoms with Gasteiger partial charge in [0, 0.05) is 23.7 Å². The minimum absolute atomic E-state index is 0.177. The Hall–Kier alpha value is -2.37. The molecule has 6 heteroatoms. The zero-order valence-corrected chi connectivity index (χ0v) is 15.7. The zero-order chi connectivity index (χ0) is 19.0. The van der Waals surface area contributed by atoms with Gasteiger partial charge in [-0.25, -0.2) is 4.39 Å². The number of fused-ring (bicyclic) bond motifs is 1. The number of halogens is 2. The highest BCUT2D eigenvalue weighted by atomic mass is 35.5. The number of ether oxygens (including phenoxy) is 1. The summed E-state index contributed by atoms with van der Waals surface area (Å²) in [5.74, 6) is 0.711. The lowest BCUT2D eigenvalue weighted by Gasteiger charge is -2.16. The largest absolute Gasteiger partial charge is 0.495 e. The minimum Gasteiger partial charge on any atom is -0.495 e. The van der Waals surface area contributed by atoms with Crippen molar-refractivity contribution in [2.45, 2.75) is 31.9 Å². The summed E-state index contributed by atoms with van der Waals surface area (Å²) in [4.78, 5) is 4.50. The van der Waals surface area contributed by atoms with Crippen LogP contribution in [0.25, 0.3) is 10.9 Å². The van der Waals surface area contributed by atoms with E-state index in [1.165, 1.54) is 6.07 Å². The third kappa shape index (κ3) is 3.57. The molecule has 4 nitrogen and oxygen atoms in total. The number of rotatable bonds is 6. The quantitative estimate of drug-likeness (QED) is 0.624. The monoisotopic (exact) mass is 386 g/mol. The van der Waals surface area contributed by atoms with Gasteiger partial charge in [0.1, 0.15) is 11.6 Å². The zero-order valence-electron chi connectivity index (χ0n) is 14.9. The minimum atomic E-state index is -0.281. The first-order valence-corrected chi connectivity index (χ1v) is 9.26. The number of benzene rings is 2. The van der Waals surface area contributed by atoms with Gasteiger partial charge in [-0.15, -0.1) is 0 Å². The first-order valence-electron chi connectivity index (χ1n) is 8.89. The molecule has 1 heterocycles. The van der Waals surface area contributed by atoms with Gasteiger partial charge in [0.15, 0.2) is 0 Å². The summed E-state index contributed by atoms with van der Waals surface area (Å²) in [6, 6.07) is 8.61. The van der Waals surface area contributed by atoms with Crippen LogP contribution in [-0.4, -0.2) is 17.2 Å². The maximum absolute atomic E-state index is 14.3. The molecule has 0 amide bonds. The van der Waals surface area contributed by atoms with Crippen LogP contribution in [0, 0.1) is 5.82 Å². The molecular formula is C21H20ClFN2O2. The van der Waals surface area contributed by atoms with Gasteiger partial charge < -0.3 is 15.2 Å². The van der Waals surface area contributed by atoms with E-state index in [1.54, 1.807) is 19.4 Å². The summed E-state index contributed by atoms with van der Waals surface area (Å²) in [6.07, 6.45) is 3.79. The molecule has 0 atom stereocenters. The van der Waals surface area contributed by atoms with E-state index in [0.29, 0.717) is 39.9 Å². The second-order valence-electron chi connectivity index (χ2n) is 6.80. The van der Waals surface area contributed by atoms with Crippen molar-refractivity contribution in [2.75, 3.05) is 12.4 Å². The van der Waals surface area contributed by atoms with Crippen LogP contribution in [0.5, 0.6) is 5.75 Å². The van der Waals surface area contributed by atoms with Crippen LogP contribution >= 0.6 is 11.6 Å². The van der Waals surface area contributed by atoms with E-state index >= 15 is 0 Å². The van der Waals surface area contributed by atoms with Crippen LogP contribution < -0.4 is 10.1 Å². The highest BCUT2D eigenvalue weighted by Crippen LogP contribution is 2.44. The van der Waals surface area contributed by atoms with E-state index < -0.39 is 0 Å². The average Bonchev–Trinajstić information content (AvgIpc) is 3.50. The van der Waals surface area contributed by atoms with Crippen molar-refractivity contribution in [1.29, 1.82) is 0 Å². The van der Waals surface area contributed by atoms with Crippen LogP contribution in [0.2, 0.25) is 5.02 Å². The van der Waals surface area contributed by atoms with E-state index in [0.717, 1.165) is 29.5 Å². The Morgan fingerprint density at radius 2 is 2.11 bits per heavy atom. The topological polar surface area (TPSA) is 54.4 Å². The molecule has 1 aliphatic rings. The molecule has 1 saturated carbocycles. The van der Waals surface area contributed by atoms with E-state index in [9.17, 15) is 9.50 Å². The van der Waals surface area contributed by atoms with Crippen LogP contribution in [0.3, 0.4) is 0 Å². The van der Waals surface area contributed by atoms with Gasteiger partial charge in [-0.1, -0.05) is 17.7 Å². The fourth-order valence-electron chi connectivity index (χ4n) is 3.38. The summed E-state index contributed by atoms with van der Waals surface area (Å²) in [6.45, 7) is 0.301. The fraction of sp³-hybridized carbons (Fsp3) is 0.286. The number of anilines is 1. The molecule has 0 saturated heterocycles. The van der Waals surface area contributed by atoms with Crippen molar-refractivity contribution in [2.24, 2.45) is 0 Å². The van der Waals surface area contributed by atoms with Gasteiger partial charge in [-0.05, 0) is 54.2 Å². The Bertz CT molecular complexity index is 1010. The Morgan fingerprint density at radius 1 is 1.30 bits per heavy atom. The molecule has 2 aromatic carbocycles. The number of aromatic nitrogens is 1. The predicted molar refractivity (Wildman–Crippen MR) is 105 cm³/mol. The third-order valence-corrected chi connectivity index (χ3v) is 5.21. The number of nitrogens with zero attached hydrogens (tertiary/aromatic N) is 1. The normalized spacial score (nSPS) is 13.8. The molecule has 0 radical (unpaired) electrons. The molecule has 1 aromatic heterocycles. The average molecular weight is 387 g/mol. The van der Waals surface area contributed by atoms with Crippen molar-refractivity contribution < 1.29 is 14.2 Å². The van der Waals surface area contributed by atoms with Gasteiger partial charge in [-0.3, -0.25) is 4.98 Å². The Kier molecular flexibility index (Phi) is 4.89. The third-order valence-electron chi connectivity index (χ3n) is 4.92. The lowest BCUT2D eigenvalue weighted by Crippen LogP contribution is -2.05.